The highest BCUT2D eigenvalue weighted by Crippen LogP contribution is 2.49. The van der Waals surface area contributed by atoms with E-state index in [9.17, 15) is 0 Å². The normalized spacial score (nSPS) is 45.0. The Kier molecular flexibility index (Phi) is 2.33. The zero-order valence-electron chi connectivity index (χ0n) is 10.0. The van der Waals surface area contributed by atoms with Gasteiger partial charge in [0.2, 0.25) is 0 Å². The summed E-state index contributed by atoms with van der Waals surface area (Å²) in [4.78, 5) is 2.81. The molecular weight excluding hydrogens is 186 g/mol. The van der Waals surface area contributed by atoms with Crippen LogP contribution in [0.2, 0.25) is 0 Å². The predicted octanol–water partition coefficient (Wildman–Crippen LogP) is 2.43. The molecule has 3 heterocycles. The van der Waals surface area contributed by atoms with Crippen molar-refractivity contribution in [1.29, 1.82) is 0 Å². The molecule has 0 spiro atoms. The predicted molar refractivity (Wildman–Crippen MR) is 60.9 cm³/mol. The van der Waals surface area contributed by atoms with E-state index in [0.717, 1.165) is 18.6 Å². The van der Waals surface area contributed by atoms with Gasteiger partial charge in [0.25, 0.3) is 0 Å². The first-order valence-electron chi connectivity index (χ1n) is 6.60. The Bertz CT molecular complexity index is 253. The maximum atomic E-state index is 5.88. The molecule has 0 unspecified atom stereocenters. The quantitative estimate of drug-likeness (QED) is 0.692. The Hall–Kier alpha value is -0.0800. The molecule has 0 bridgehead atoms. The summed E-state index contributed by atoms with van der Waals surface area (Å²) in [5, 5.41) is 0. The molecule has 3 aliphatic rings. The lowest BCUT2D eigenvalue weighted by Gasteiger charge is -2.36. The molecule has 3 saturated heterocycles. The number of rotatable bonds is 2. The van der Waals surface area contributed by atoms with Crippen LogP contribution in [-0.2, 0) is 4.74 Å². The maximum Gasteiger partial charge on any atom is 0.0748 e. The van der Waals surface area contributed by atoms with Crippen molar-refractivity contribution in [3.8, 4) is 0 Å². The minimum atomic E-state index is 0.532. The first-order chi connectivity index (χ1) is 7.21. The van der Waals surface area contributed by atoms with E-state index in [-0.39, 0.29) is 0 Å². The third kappa shape index (κ3) is 1.45. The minimum Gasteiger partial charge on any atom is -0.376 e. The van der Waals surface area contributed by atoms with E-state index < -0.39 is 0 Å². The Balaban J connectivity index is 1.82. The maximum absolute atomic E-state index is 5.88. The van der Waals surface area contributed by atoms with E-state index in [4.69, 9.17) is 4.74 Å². The molecule has 0 radical (unpaired) electrons. The highest BCUT2D eigenvalue weighted by Gasteiger charge is 2.55. The number of fused-ring (bicyclic) bond motifs is 3. The Labute approximate surface area is 93.0 Å². The van der Waals surface area contributed by atoms with Crippen LogP contribution in [0.4, 0.5) is 0 Å². The summed E-state index contributed by atoms with van der Waals surface area (Å²) >= 11 is 0. The summed E-state index contributed by atoms with van der Waals surface area (Å²) < 4.78 is 5.88. The van der Waals surface area contributed by atoms with Gasteiger partial charge in [0, 0.05) is 18.2 Å². The van der Waals surface area contributed by atoms with Gasteiger partial charge in [-0.25, -0.2) is 0 Å². The Morgan fingerprint density at radius 3 is 3.13 bits per heavy atom. The van der Waals surface area contributed by atoms with Crippen molar-refractivity contribution in [2.45, 2.75) is 63.6 Å². The molecule has 0 amide bonds. The summed E-state index contributed by atoms with van der Waals surface area (Å²) in [5.41, 5.74) is 0.532. The first-order valence-corrected chi connectivity index (χ1v) is 6.60. The van der Waals surface area contributed by atoms with Crippen molar-refractivity contribution in [3.05, 3.63) is 0 Å². The molecule has 0 aromatic rings. The monoisotopic (exact) mass is 209 g/mol. The molecule has 0 N–H and O–H groups in total. The van der Waals surface area contributed by atoms with Gasteiger partial charge in [-0.2, -0.15) is 0 Å². The van der Waals surface area contributed by atoms with Gasteiger partial charge in [-0.3, -0.25) is 4.90 Å². The SMILES string of the molecule is CC(C)C[C@@]12CCCN1[C@H]1CCO[C@H]1C2. The van der Waals surface area contributed by atoms with E-state index in [1.165, 1.54) is 38.6 Å². The van der Waals surface area contributed by atoms with E-state index in [0.29, 0.717) is 11.6 Å². The van der Waals surface area contributed by atoms with Crippen LogP contribution in [0.25, 0.3) is 0 Å². The largest absolute Gasteiger partial charge is 0.376 e. The fourth-order valence-corrected chi connectivity index (χ4v) is 4.32. The van der Waals surface area contributed by atoms with Gasteiger partial charge in [0.05, 0.1) is 6.10 Å². The summed E-state index contributed by atoms with van der Waals surface area (Å²) in [6, 6.07) is 0.770. The topological polar surface area (TPSA) is 12.5 Å². The number of nitrogens with zero attached hydrogens (tertiary/aromatic N) is 1. The van der Waals surface area contributed by atoms with Crippen LogP contribution >= 0.6 is 0 Å². The van der Waals surface area contributed by atoms with Crippen molar-refractivity contribution in [1.82, 2.24) is 4.90 Å². The van der Waals surface area contributed by atoms with Gasteiger partial charge >= 0.3 is 0 Å². The van der Waals surface area contributed by atoms with Gasteiger partial charge in [-0.1, -0.05) is 13.8 Å². The molecule has 2 nitrogen and oxygen atoms in total. The van der Waals surface area contributed by atoms with Gasteiger partial charge in [-0.05, 0) is 44.6 Å². The number of hydrogen-bond acceptors (Lipinski definition) is 2. The van der Waals surface area contributed by atoms with Crippen molar-refractivity contribution in [2.75, 3.05) is 13.2 Å². The zero-order valence-corrected chi connectivity index (χ0v) is 10.0. The van der Waals surface area contributed by atoms with Crippen LogP contribution in [-0.4, -0.2) is 35.7 Å². The fourth-order valence-electron chi connectivity index (χ4n) is 4.32. The highest BCUT2D eigenvalue weighted by molar-refractivity contribution is 5.10. The van der Waals surface area contributed by atoms with Gasteiger partial charge < -0.3 is 4.74 Å². The lowest BCUT2D eigenvalue weighted by atomic mass is 9.85. The molecular formula is C13H23NO. The molecule has 0 aliphatic carbocycles. The van der Waals surface area contributed by atoms with Gasteiger partial charge in [0.1, 0.15) is 0 Å². The smallest absolute Gasteiger partial charge is 0.0748 e. The van der Waals surface area contributed by atoms with Crippen molar-refractivity contribution in [2.24, 2.45) is 5.92 Å². The van der Waals surface area contributed by atoms with E-state index in [2.05, 4.69) is 18.7 Å². The molecule has 3 aliphatic heterocycles. The second-order valence-electron chi connectivity index (χ2n) is 6.09. The lowest BCUT2D eigenvalue weighted by molar-refractivity contribution is 0.0988. The van der Waals surface area contributed by atoms with Crippen LogP contribution in [0.5, 0.6) is 0 Å². The second-order valence-corrected chi connectivity index (χ2v) is 6.09. The molecule has 0 saturated carbocycles. The molecule has 3 fully saturated rings. The summed E-state index contributed by atoms with van der Waals surface area (Å²) in [5.74, 6) is 0.824. The van der Waals surface area contributed by atoms with E-state index >= 15 is 0 Å². The van der Waals surface area contributed by atoms with E-state index in [1.54, 1.807) is 0 Å². The van der Waals surface area contributed by atoms with Gasteiger partial charge in [0.15, 0.2) is 0 Å². The van der Waals surface area contributed by atoms with Crippen LogP contribution in [0.15, 0.2) is 0 Å². The number of ether oxygens (including phenoxy) is 1. The molecule has 0 aromatic heterocycles. The summed E-state index contributed by atoms with van der Waals surface area (Å²) in [7, 11) is 0. The first kappa shape index (κ1) is 10.1. The van der Waals surface area contributed by atoms with E-state index in [1.807, 2.05) is 0 Å². The Morgan fingerprint density at radius 2 is 2.33 bits per heavy atom. The van der Waals surface area contributed by atoms with Crippen molar-refractivity contribution < 1.29 is 4.74 Å². The average molecular weight is 209 g/mol. The molecule has 2 heteroatoms. The third-order valence-electron chi connectivity index (χ3n) is 4.59. The molecule has 3 atom stereocenters. The number of hydrogen-bond donors (Lipinski definition) is 0. The minimum absolute atomic E-state index is 0.532. The van der Waals surface area contributed by atoms with Crippen LogP contribution in [0, 0.1) is 5.92 Å². The summed E-state index contributed by atoms with van der Waals surface area (Å²) in [6.07, 6.45) is 7.38. The van der Waals surface area contributed by atoms with Crippen molar-refractivity contribution >= 4 is 0 Å². The van der Waals surface area contributed by atoms with Gasteiger partial charge in [-0.15, -0.1) is 0 Å². The standard InChI is InChI=1S/C13H23NO/c1-10(2)8-13-5-3-6-14(13)11-4-7-15-12(11)9-13/h10-12H,3-9H2,1-2H3/t11-,12-,13+/m0/s1. The third-order valence-corrected chi connectivity index (χ3v) is 4.59. The molecule has 86 valence electrons. The average Bonchev–Trinajstić information content (AvgIpc) is 2.72. The van der Waals surface area contributed by atoms with Crippen LogP contribution < -0.4 is 0 Å². The summed E-state index contributed by atoms with van der Waals surface area (Å²) in [6.45, 7) is 7.06. The highest BCUT2D eigenvalue weighted by atomic mass is 16.5. The second kappa shape index (κ2) is 3.46. The fraction of sp³-hybridized carbons (Fsp3) is 1.00. The van der Waals surface area contributed by atoms with Crippen LogP contribution in [0.3, 0.4) is 0 Å². The van der Waals surface area contributed by atoms with Crippen molar-refractivity contribution in [3.63, 3.8) is 0 Å². The molecule has 0 aromatic carbocycles. The lowest BCUT2D eigenvalue weighted by Crippen LogP contribution is -2.43. The Morgan fingerprint density at radius 1 is 1.47 bits per heavy atom. The zero-order chi connectivity index (χ0) is 10.5. The molecule has 15 heavy (non-hydrogen) atoms. The molecule has 3 rings (SSSR count). The van der Waals surface area contributed by atoms with Crippen LogP contribution in [0.1, 0.15) is 46.0 Å².